The van der Waals surface area contributed by atoms with Gasteiger partial charge in [-0.2, -0.15) is 21.6 Å². The average Bonchev–Trinajstić information content (AvgIpc) is 1.59. The number of para-hydroxylation sites is 4. The van der Waals surface area contributed by atoms with Crippen LogP contribution in [0.15, 0.2) is 356 Å². The number of hydrogen-bond donors (Lipinski definition) is 0. The number of thiophene rings is 1. The van der Waals surface area contributed by atoms with E-state index in [1.807, 2.05) is 199 Å². The smallest absolute Gasteiger partial charge is 0.109 e. The molecule has 0 saturated carbocycles. The molecule has 9 heterocycles. The molecule has 0 aliphatic rings. The number of imidazole rings is 2. The van der Waals surface area contributed by atoms with Crippen molar-refractivity contribution in [3.63, 3.8) is 0 Å². The summed E-state index contributed by atoms with van der Waals surface area (Å²) in [5.41, 5.74) is 30.6. The van der Waals surface area contributed by atoms with Crippen LogP contribution < -0.4 is 4.98 Å². The van der Waals surface area contributed by atoms with Gasteiger partial charge >= 0.3 is 0 Å². The molecule has 0 spiro atoms. The van der Waals surface area contributed by atoms with E-state index in [2.05, 4.69) is 235 Å². The summed E-state index contributed by atoms with van der Waals surface area (Å²) in [5.74, 6) is 2.04. The Kier molecular flexibility index (Phi) is 32.7. The molecule has 20 aromatic rings. The zero-order chi connectivity index (χ0) is 81.7. The predicted molar refractivity (Wildman–Crippen MR) is 479 cm³/mol. The van der Waals surface area contributed by atoms with Crippen LogP contribution in [0.3, 0.4) is 0 Å². The third-order valence-corrected chi connectivity index (χ3v) is 21.1. The molecule has 0 N–H and O–H groups in total. The van der Waals surface area contributed by atoms with E-state index in [0.717, 1.165) is 129 Å². The van der Waals surface area contributed by atoms with Crippen molar-refractivity contribution >= 4 is 22.4 Å². The van der Waals surface area contributed by atoms with Crippen molar-refractivity contribution in [2.24, 2.45) is 0 Å². The number of furan rings is 1. The Morgan fingerprint density at radius 1 is 0.419 bits per heavy atom. The van der Waals surface area contributed by atoms with Gasteiger partial charge in [0, 0.05) is 164 Å². The minimum atomic E-state index is -0.306. The topological polar surface area (TPSA) is 129 Å². The molecule has 627 valence electrons. The number of hydrogen-bond acceptors (Lipinski definition) is 8. The molecule has 9 aromatic heterocycles. The first kappa shape index (κ1) is 93.0. The van der Waals surface area contributed by atoms with Crippen molar-refractivity contribution in [1.29, 1.82) is 0 Å². The van der Waals surface area contributed by atoms with Gasteiger partial charge in [0.15, 0.2) is 0 Å². The van der Waals surface area contributed by atoms with Crippen LogP contribution in [-0.4, -0.2) is 53.4 Å². The van der Waals surface area contributed by atoms with Gasteiger partial charge in [0.1, 0.15) is 5.69 Å². The van der Waals surface area contributed by atoms with Gasteiger partial charge in [-0.25, -0.2) is 33.3 Å². The van der Waals surface area contributed by atoms with E-state index in [0.29, 0.717) is 11.5 Å². The molecule has 20 heteroatoms. The molecule has 11 aromatic carbocycles. The zero-order valence-electron chi connectivity index (χ0n) is 68.7. The summed E-state index contributed by atoms with van der Waals surface area (Å²) in [6.07, 6.45) is 7.36. The van der Waals surface area contributed by atoms with E-state index < -0.39 is 0 Å². The van der Waals surface area contributed by atoms with Crippen molar-refractivity contribution < 1.29 is 109 Å². The van der Waals surface area contributed by atoms with Gasteiger partial charge in [-0.1, -0.05) is 175 Å². The maximum Gasteiger partial charge on any atom is 0.109 e. The monoisotopic (exact) mass is 2530 g/mol. The first-order chi connectivity index (χ1) is 58.2. The predicted octanol–water partition coefficient (Wildman–Crippen LogP) is 25.3. The Morgan fingerprint density at radius 3 is 1.68 bits per heavy atom. The number of aromatic nitrogens is 12. The quantitative estimate of drug-likeness (QED) is 0.0985. The molecule has 0 atom stereocenters. The van der Waals surface area contributed by atoms with Crippen LogP contribution in [0.5, 0.6) is 0 Å². The molecular weight excluding hydrogens is 2450 g/mol. The largest absolute Gasteiger partial charge is 0.499 e. The van der Waals surface area contributed by atoms with E-state index in [1.54, 1.807) is 34.5 Å². The molecule has 20 rings (SSSR count). The van der Waals surface area contributed by atoms with Crippen molar-refractivity contribution in [2.45, 2.75) is 55.4 Å². The van der Waals surface area contributed by atoms with Crippen molar-refractivity contribution in [3.05, 3.63) is 426 Å². The molecule has 124 heavy (non-hydrogen) atoms. The summed E-state index contributed by atoms with van der Waals surface area (Å²) < 4.78 is 28.7. The average molecular weight is 2530 g/mol. The van der Waals surface area contributed by atoms with Gasteiger partial charge in [-0.05, 0) is 219 Å². The van der Waals surface area contributed by atoms with E-state index >= 15 is 0 Å². The number of fused-ring (bicyclic) bond motifs is 1. The van der Waals surface area contributed by atoms with Crippen LogP contribution in [-0.2, 0) is 101 Å². The van der Waals surface area contributed by atoms with Gasteiger partial charge in [0.05, 0.1) is 57.3 Å². The summed E-state index contributed by atoms with van der Waals surface area (Å²) in [5, 5.41) is 17.2. The number of rotatable bonds is 14. The summed E-state index contributed by atoms with van der Waals surface area (Å²) in [7, 11) is 0. The van der Waals surface area contributed by atoms with Gasteiger partial charge in [0.25, 0.3) is 0 Å². The third kappa shape index (κ3) is 21.6. The van der Waals surface area contributed by atoms with E-state index in [9.17, 15) is 4.39 Å². The number of nitrogens with zero attached hydrogens (tertiary/aromatic N) is 12. The summed E-state index contributed by atoms with van der Waals surface area (Å²) >= 11 is 1.63. The minimum absolute atomic E-state index is 0. The summed E-state index contributed by atoms with van der Waals surface area (Å²) in [4.78, 5) is 19.0. The number of halogens is 1. The second-order valence-electron chi connectivity index (χ2n) is 28.8. The second kappa shape index (κ2) is 43.6. The molecular formula is C104H82FIr5N12OS-5. The van der Waals surface area contributed by atoms with Gasteiger partial charge < -0.3 is 23.5 Å². The standard InChI is InChI=1S/C24H17N2O.C24H21N2.C22H18N3.C20H15FN3.C14H11N2S.5Ir/c1-17-14-23(27-16-17)18-8-7-9-19(15-18)24-25-21-12-5-6-13-22(21)26(24)20-10-3-2-4-11-20;1-17-9-7-14-21(15-17)26-23(24-18(2)10-8-11-19(24)3)16-22(25-26)20-12-5-4-6-13-20;1-15-9-3-5-11-17(15)20-21(18-12-6-4-10-16(18)2)25-22(24-20)19-13-7-8-14-23-19;1-15-7-12-20(24(15)18-5-3-2-4-6-18)19-13-14-23(22-19)17-10-8-16(21)9-11-17;1-11-5-2-3-6-12(11)13-8-9-16(15-13)14-7-4-10-17-14;;;;;/h2-14,16H,1H3;4-12,14-16H,1-3H3;3-14H,1-2H3;2-10,12-14H,1H3;2-6,8-10H,1H3;;;;;/q5*-1;;;;;. The first-order valence-corrected chi connectivity index (χ1v) is 40.1. The summed E-state index contributed by atoms with van der Waals surface area (Å²) in [6.45, 7) is 16.8. The Bertz CT molecular complexity index is 6730. The molecule has 0 aliphatic carbocycles. The second-order valence-corrected chi connectivity index (χ2v) is 29.7. The van der Waals surface area contributed by atoms with Gasteiger partial charge in [0.2, 0.25) is 0 Å². The molecule has 0 unspecified atom stereocenters. The normalized spacial score (nSPS) is 10.5. The third-order valence-electron chi connectivity index (χ3n) is 20.3. The first-order valence-electron chi connectivity index (χ1n) is 39.2. The van der Waals surface area contributed by atoms with Crippen LogP contribution in [0.2, 0.25) is 0 Å². The Morgan fingerprint density at radius 2 is 1.02 bits per heavy atom. The molecule has 0 amide bonds. The number of benzene rings is 11. The van der Waals surface area contributed by atoms with E-state index in [-0.39, 0.29) is 106 Å². The fourth-order valence-electron chi connectivity index (χ4n) is 14.4. The summed E-state index contributed by atoms with van der Waals surface area (Å²) in [6, 6.07) is 120. The molecule has 13 nitrogen and oxygen atoms in total. The molecule has 0 saturated heterocycles. The zero-order valence-corrected chi connectivity index (χ0v) is 81.5. The van der Waals surface area contributed by atoms with Crippen LogP contribution in [0.4, 0.5) is 4.39 Å². The van der Waals surface area contributed by atoms with Gasteiger partial charge in [-0.15, -0.1) is 78.4 Å². The SMILES string of the molecule is Cc1ccc(-c2ccn(-c3[c-]cc(F)cc3)n2)n1-c1ccccc1.Cc1cccc(-n2nc(-c3[c-]cccc3)cc2-c2c(C)cccc2C)c1.Cc1ccccc1-c1ccn(-c2[c-]ccs2)n1.Cc1ccccc1-c1nc(-c2ccccn2)[n-]c1-c1ccccc1C.Cc1coc(-c2[c-]c(-c3nc4ccccc4n3-c3ccccc3)ccc2)c1.[Ir].[Ir].[Ir].[Ir].[Ir]. The Balaban J connectivity index is 0.000000150. The Hall–Kier alpha value is -11.7. The fourth-order valence-corrected chi connectivity index (χ4v) is 15.0. The van der Waals surface area contributed by atoms with Crippen LogP contribution in [0, 0.1) is 85.5 Å². The van der Waals surface area contributed by atoms with Crippen LogP contribution in [0.25, 0.3) is 141 Å². The van der Waals surface area contributed by atoms with Crippen molar-refractivity contribution in [3.8, 4) is 130 Å². The molecule has 5 radical (unpaired) electrons. The van der Waals surface area contributed by atoms with Crippen LogP contribution >= 0.6 is 11.3 Å². The van der Waals surface area contributed by atoms with Crippen molar-refractivity contribution in [1.82, 2.24) is 58.4 Å². The van der Waals surface area contributed by atoms with Crippen LogP contribution in [0.1, 0.15) is 44.6 Å². The van der Waals surface area contributed by atoms with E-state index in [1.165, 1.54) is 56.6 Å². The molecule has 0 bridgehead atoms. The van der Waals surface area contributed by atoms with Crippen molar-refractivity contribution in [2.75, 3.05) is 0 Å². The Labute approximate surface area is 794 Å². The minimum Gasteiger partial charge on any atom is -0.499 e. The number of pyridine rings is 1. The molecule has 0 fully saturated rings. The maximum absolute atomic E-state index is 13.1. The molecule has 0 aliphatic heterocycles. The number of aryl methyl sites for hydroxylation is 8. The van der Waals surface area contributed by atoms with Gasteiger partial charge in [-0.3, -0.25) is 23.7 Å². The van der Waals surface area contributed by atoms with E-state index in [4.69, 9.17) is 24.5 Å². The maximum atomic E-state index is 13.1. The fraction of sp³-hybridized carbons (Fsp3) is 0.0769.